The summed E-state index contributed by atoms with van der Waals surface area (Å²) in [5, 5.41) is 94.3. The Bertz CT molecular complexity index is 2120. The minimum absolute atomic E-state index is 0.0102. The lowest BCUT2D eigenvalue weighted by molar-refractivity contribution is -0.310. The van der Waals surface area contributed by atoms with Gasteiger partial charge in [-0.2, -0.15) is 0 Å². The normalized spacial score (nSPS) is 40.9. The van der Waals surface area contributed by atoms with Gasteiger partial charge in [0, 0.05) is 18.6 Å². The predicted molar refractivity (Wildman–Crippen MR) is 214 cm³/mol. The Kier molecular flexibility index (Phi) is 13.1. The summed E-state index contributed by atoms with van der Waals surface area (Å²) < 4.78 is 35.5. The van der Waals surface area contributed by atoms with Crippen molar-refractivity contribution in [2.45, 2.75) is 129 Å². The van der Waals surface area contributed by atoms with Gasteiger partial charge in [-0.3, -0.25) is 4.79 Å². The van der Waals surface area contributed by atoms with Crippen molar-refractivity contribution in [3.63, 3.8) is 0 Å². The van der Waals surface area contributed by atoms with E-state index in [2.05, 4.69) is 17.4 Å². The number of rotatable bonds is 12. The van der Waals surface area contributed by atoms with E-state index in [0.29, 0.717) is 0 Å². The van der Waals surface area contributed by atoms with Crippen LogP contribution in [0.5, 0.6) is 0 Å². The number of nitrogens with one attached hydrogen (secondary N) is 1. The maximum Gasteiger partial charge on any atom is 0.224 e. The molecule has 61 heavy (non-hydrogen) atoms. The molecule has 0 spiro atoms. The zero-order valence-corrected chi connectivity index (χ0v) is 32.9. The summed E-state index contributed by atoms with van der Waals surface area (Å²) in [5.41, 5.74) is 25.7. The fourth-order valence-corrected chi connectivity index (χ4v) is 9.07. The Labute approximate surface area is 349 Å². The van der Waals surface area contributed by atoms with E-state index in [4.69, 9.17) is 51.4 Å². The van der Waals surface area contributed by atoms with Gasteiger partial charge >= 0.3 is 0 Å². The third-order valence-electron chi connectivity index (χ3n) is 12.6. The molecule has 19 atom stereocenters. The molecule has 3 saturated heterocycles. The summed E-state index contributed by atoms with van der Waals surface area (Å²) >= 11 is 0. The second-order valence-corrected chi connectivity index (χ2v) is 16.5. The number of carbonyl (C=O) groups is 1. The molecule has 3 heterocycles. The number of amides is 1. The van der Waals surface area contributed by atoms with Crippen LogP contribution in [0.3, 0.4) is 0 Å². The molecule has 8 rings (SSSR count). The van der Waals surface area contributed by atoms with Gasteiger partial charge in [-0.25, -0.2) is 0 Å². The Hall–Kier alpha value is -3.33. The van der Waals surface area contributed by atoms with E-state index in [-0.39, 0.29) is 25.3 Å². The average Bonchev–Trinajstić information content (AvgIpc) is 3.55. The molecular weight excluding hydrogens is 802 g/mol. The minimum Gasteiger partial charge on any atom is -0.394 e. The molecule has 1 saturated carbocycles. The molecule has 4 fully saturated rings. The van der Waals surface area contributed by atoms with E-state index in [1.807, 2.05) is 42.5 Å². The first-order valence-corrected chi connectivity index (χ1v) is 20.4. The van der Waals surface area contributed by atoms with Crippen LogP contribution >= 0.6 is 0 Å². The van der Waals surface area contributed by atoms with Crippen LogP contribution < -0.4 is 28.3 Å². The van der Waals surface area contributed by atoms with Gasteiger partial charge in [0.15, 0.2) is 18.9 Å². The maximum absolute atomic E-state index is 13.4. The molecule has 4 aromatic carbocycles. The highest BCUT2D eigenvalue weighted by atomic mass is 16.8. The van der Waals surface area contributed by atoms with Crippen molar-refractivity contribution in [1.29, 1.82) is 0 Å². The number of hydrogen-bond donors (Lipinski definition) is 13. The van der Waals surface area contributed by atoms with Crippen LogP contribution in [-0.4, -0.2) is 183 Å². The topological polar surface area (TPSA) is 350 Å². The van der Waals surface area contributed by atoms with Crippen LogP contribution in [-0.2, 0) is 39.6 Å². The van der Waals surface area contributed by atoms with Crippen LogP contribution in [0.2, 0.25) is 0 Å². The third-order valence-corrected chi connectivity index (χ3v) is 12.6. The number of ether oxygens (including phenoxy) is 6. The highest BCUT2D eigenvalue weighted by Gasteiger charge is 2.54. The molecular formula is C41H55N5O15. The van der Waals surface area contributed by atoms with Crippen LogP contribution in [0, 0.1) is 0 Å². The van der Waals surface area contributed by atoms with E-state index in [1.54, 1.807) is 0 Å². The first kappa shape index (κ1) is 44.3. The summed E-state index contributed by atoms with van der Waals surface area (Å²) in [4.78, 5) is 13.4. The largest absolute Gasteiger partial charge is 0.394 e. The highest BCUT2D eigenvalue weighted by molar-refractivity contribution is 6.23. The molecule has 20 nitrogen and oxygen atoms in total. The summed E-state index contributed by atoms with van der Waals surface area (Å²) in [5.74, 6) is -0.377. The minimum atomic E-state index is -1.70. The molecule has 20 heteroatoms. The van der Waals surface area contributed by atoms with E-state index >= 15 is 0 Å². The number of hydrogen-bond acceptors (Lipinski definition) is 19. The van der Waals surface area contributed by atoms with Crippen molar-refractivity contribution in [1.82, 2.24) is 5.32 Å². The number of carbonyl (C=O) groups excluding carboxylic acids is 1. The first-order valence-electron chi connectivity index (χ1n) is 20.4. The van der Waals surface area contributed by atoms with Crippen molar-refractivity contribution in [3.8, 4) is 0 Å². The predicted octanol–water partition coefficient (Wildman–Crippen LogP) is -4.56. The smallest absolute Gasteiger partial charge is 0.224 e. The van der Waals surface area contributed by atoms with Crippen molar-refractivity contribution >= 4 is 38.2 Å². The standard InChI is InChI=1S/C41H55N5O15/c42-20-11-21(43)36(59-40-29(45)34(54)32(52)23(13-47)57-40)38(30(20)50)61-41-35(55)37(24(14-48)58-41)60-39-28(44)33(53)31(51)22(56-39)12-46-25(49)10-18-7-6-17-5-4-15-2-1-3-16-8-9-19(18)27(17)26(15)16/h1-9,20-24,28-41,47-48,50-55H,10-14,42-45H2,(H,46,49)/t20-,21+,22+,23-,24-,28-,29-,30+,31-,32-,33-,34-,35-,36-,37-,38-,39-,40-,41+/m1/s1. The van der Waals surface area contributed by atoms with Gasteiger partial charge in [-0.05, 0) is 44.3 Å². The first-order chi connectivity index (χ1) is 29.2. The maximum atomic E-state index is 13.4. The van der Waals surface area contributed by atoms with Crippen molar-refractivity contribution in [3.05, 3.63) is 60.2 Å². The lowest BCUT2D eigenvalue weighted by Gasteiger charge is -2.47. The molecule has 334 valence electrons. The third kappa shape index (κ3) is 8.32. The second kappa shape index (κ2) is 18.0. The van der Waals surface area contributed by atoms with Gasteiger partial charge in [0.25, 0.3) is 0 Å². The fourth-order valence-electron chi connectivity index (χ4n) is 9.07. The zero-order valence-electron chi connectivity index (χ0n) is 32.9. The zero-order chi connectivity index (χ0) is 43.4. The van der Waals surface area contributed by atoms with Crippen molar-refractivity contribution < 1.29 is 74.1 Å². The number of aliphatic hydroxyl groups is 8. The monoisotopic (exact) mass is 857 g/mol. The Morgan fingerprint density at radius 3 is 1.79 bits per heavy atom. The summed E-state index contributed by atoms with van der Waals surface area (Å²) in [6.45, 7) is -1.64. The van der Waals surface area contributed by atoms with Crippen LogP contribution in [0.25, 0.3) is 32.3 Å². The van der Waals surface area contributed by atoms with Gasteiger partial charge in [-0.15, -0.1) is 0 Å². The van der Waals surface area contributed by atoms with E-state index in [9.17, 15) is 45.6 Å². The van der Waals surface area contributed by atoms with Gasteiger partial charge in [0.1, 0.15) is 67.1 Å². The van der Waals surface area contributed by atoms with Crippen molar-refractivity contribution in [2.75, 3.05) is 19.8 Å². The SMILES string of the molecule is N[C@H]1[C@@H](O[C@H]2[C@@H](O)[C@H](O[C@@H]3[C@@H](O)[C@H](N)C[C@H](N)[C@H]3O[C@H]3O[C@H](CO)[C@@H](O)[C@H](O)[C@H]3N)O[C@@H]2CO)O[C@@H](CNC(=O)Cc2ccc3ccc4cccc5ccc2c3c45)[C@@H](O)[C@@H]1O. The van der Waals surface area contributed by atoms with E-state index < -0.39 is 129 Å². The number of nitrogens with two attached hydrogens (primary N) is 4. The van der Waals surface area contributed by atoms with E-state index in [1.165, 1.54) is 0 Å². The molecule has 3 aliphatic heterocycles. The summed E-state index contributed by atoms with van der Waals surface area (Å²) in [7, 11) is 0. The lowest BCUT2D eigenvalue weighted by Crippen LogP contribution is -2.68. The van der Waals surface area contributed by atoms with Gasteiger partial charge < -0.3 is 97.5 Å². The Morgan fingerprint density at radius 2 is 1.13 bits per heavy atom. The lowest BCUT2D eigenvalue weighted by atomic mass is 9.84. The molecule has 17 N–H and O–H groups in total. The highest BCUT2D eigenvalue weighted by Crippen LogP contribution is 2.37. The van der Waals surface area contributed by atoms with Gasteiger partial charge in [0.2, 0.25) is 5.91 Å². The van der Waals surface area contributed by atoms with Crippen molar-refractivity contribution in [2.24, 2.45) is 22.9 Å². The molecule has 4 aliphatic rings. The molecule has 1 aliphatic carbocycles. The summed E-state index contributed by atoms with van der Waals surface area (Å²) in [6.07, 6.45) is -21.8. The van der Waals surface area contributed by atoms with Crippen LogP contribution in [0.4, 0.5) is 0 Å². The fraction of sp³-hybridized carbons (Fsp3) is 0.585. The average molecular weight is 858 g/mol. The molecule has 1 amide bonds. The van der Waals surface area contributed by atoms with Gasteiger partial charge in [0.05, 0.1) is 37.8 Å². The Morgan fingerprint density at radius 1 is 0.590 bits per heavy atom. The van der Waals surface area contributed by atoms with Gasteiger partial charge in [-0.1, -0.05) is 54.6 Å². The van der Waals surface area contributed by atoms with Crippen LogP contribution in [0.15, 0.2) is 54.6 Å². The second-order valence-electron chi connectivity index (χ2n) is 16.5. The molecule has 0 bridgehead atoms. The molecule has 0 aromatic heterocycles. The number of aliphatic hydroxyl groups excluding tert-OH is 8. The molecule has 0 unspecified atom stereocenters. The Balaban J connectivity index is 0.926. The summed E-state index contributed by atoms with van der Waals surface area (Å²) in [6, 6.07) is 13.6. The molecule has 4 aromatic rings. The van der Waals surface area contributed by atoms with E-state index in [0.717, 1.165) is 37.9 Å². The number of benzene rings is 4. The quantitative estimate of drug-likeness (QED) is 0.0597. The molecule has 0 radical (unpaired) electrons. The van der Waals surface area contributed by atoms with Crippen LogP contribution in [0.1, 0.15) is 12.0 Å².